The zero-order chi connectivity index (χ0) is 47.5. The molecule has 0 saturated heterocycles. The summed E-state index contributed by atoms with van der Waals surface area (Å²) in [4.78, 5) is 63.9. The highest BCUT2D eigenvalue weighted by atomic mass is 35.5. The SMILES string of the molecule is CCc1c(-c2ccc(C(=O)NCCC(=O)NCCOCCOCCNC(=O)Cn3ccc(-c4cc(Cl)c(Cl)c5[nH]c6c(c45)CN(CC(=O)CO)CC6)n3)nc2)cnc(N)c1-c1ccc(O)cc1. The van der Waals surface area contributed by atoms with Crippen LogP contribution in [-0.4, -0.2) is 129 Å². The third-order valence-electron chi connectivity index (χ3n) is 11.2. The number of nitrogens with two attached hydrogens (primary N) is 1. The summed E-state index contributed by atoms with van der Waals surface area (Å²) in [7, 11) is 0. The van der Waals surface area contributed by atoms with Gasteiger partial charge < -0.3 is 46.4 Å². The molecular formula is C47H52Cl2N10O8. The molecule has 0 saturated carbocycles. The predicted molar refractivity (Wildman–Crippen MR) is 254 cm³/mol. The molecule has 4 aromatic heterocycles. The van der Waals surface area contributed by atoms with Gasteiger partial charge in [-0.1, -0.05) is 48.3 Å². The number of nitrogens with one attached hydrogen (secondary N) is 4. The fourth-order valence-corrected chi connectivity index (χ4v) is 8.36. The number of phenolic OH excluding ortho intramolecular Hbond substituents is 1. The van der Waals surface area contributed by atoms with Crippen LogP contribution in [0.4, 0.5) is 5.82 Å². The number of H-pyrrole nitrogens is 1. The van der Waals surface area contributed by atoms with E-state index in [0.717, 1.165) is 50.0 Å². The number of rotatable bonds is 22. The Bertz CT molecular complexity index is 2730. The number of aliphatic hydroxyl groups excluding tert-OH is 1. The molecule has 0 unspecified atom stereocenters. The molecule has 3 amide bonds. The van der Waals surface area contributed by atoms with Crippen LogP contribution in [-0.2, 0) is 49.8 Å². The van der Waals surface area contributed by atoms with Gasteiger partial charge in [-0.25, -0.2) is 4.98 Å². The number of aromatic hydroxyl groups is 1. The number of aromatic amines is 1. The Labute approximate surface area is 396 Å². The second-order valence-corrected chi connectivity index (χ2v) is 16.6. The summed E-state index contributed by atoms with van der Waals surface area (Å²) >= 11 is 13.2. The number of hydrogen-bond acceptors (Lipinski definition) is 13. The van der Waals surface area contributed by atoms with Gasteiger partial charge in [0.25, 0.3) is 5.91 Å². The van der Waals surface area contributed by atoms with E-state index in [2.05, 4.69) is 36.0 Å². The van der Waals surface area contributed by atoms with Crippen LogP contribution in [0.3, 0.4) is 0 Å². The zero-order valence-corrected chi connectivity index (χ0v) is 38.4. The van der Waals surface area contributed by atoms with E-state index in [4.69, 9.17) is 38.4 Å². The molecule has 1 aliphatic heterocycles. The molecular weight excluding hydrogens is 903 g/mol. The molecule has 1 aliphatic rings. The van der Waals surface area contributed by atoms with E-state index in [1.807, 2.05) is 11.8 Å². The van der Waals surface area contributed by atoms with Gasteiger partial charge in [-0.2, -0.15) is 5.10 Å². The van der Waals surface area contributed by atoms with Crippen molar-refractivity contribution in [2.45, 2.75) is 39.3 Å². The molecule has 0 spiro atoms. The van der Waals surface area contributed by atoms with Gasteiger partial charge in [-0.3, -0.25) is 33.7 Å². The van der Waals surface area contributed by atoms with Crippen LogP contribution < -0.4 is 21.7 Å². The summed E-state index contributed by atoms with van der Waals surface area (Å²) in [6.45, 7) is 4.59. The highest BCUT2D eigenvalue weighted by Crippen LogP contribution is 2.42. The summed E-state index contributed by atoms with van der Waals surface area (Å²) in [5.41, 5.74) is 14.7. The van der Waals surface area contributed by atoms with E-state index in [0.29, 0.717) is 66.2 Å². The van der Waals surface area contributed by atoms with E-state index < -0.39 is 12.5 Å². The number of carbonyl (C=O) groups excluding carboxylic acids is 4. The highest BCUT2D eigenvalue weighted by molar-refractivity contribution is 6.45. The molecule has 20 heteroatoms. The number of pyridine rings is 2. The number of phenols is 1. The van der Waals surface area contributed by atoms with E-state index in [9.17, 15) is 29.4 Å². The standard InChI is InChI=1S/C47H52Cl2N10O8/c1-2-32-34(23-55-46(50)42(32)28-3-6-30(61)7-4-28)29-5-8-39(54-22-29)47(65)53-12-9-40(63)51-13-17-66-19-20-67-18-14-52-41(64)26-59-16-11-38(57-59)33-21-36(48)44(49)45-43(33)35-25-58(24-31(62)27-60)15-10-37(35)56-45/h3-8,11,16,21-23,56,60-61H,2,9-10,12-15,17-20,24-27H2,1H3,(H2,50,55)(H,51,63)(H,52,64)(H,53,65). The summed E-state index contributed by atoms with van der Waals surface area (Å²) in [5.74, 6) is -0.626. The summed E-state index contributed by atoms with van der Waals surface area (Å²) < 4.78 is 12.6. The van der Waals surface area contributed by atoms with Gasteiger partial charge in [-0.05, 0) is 53.4 Å². The van der Waals surface area contributed by atoms with Gasteiger partial charge in [0, 0.05) is 97.5 Å². The van der Waals surface area contributed by atoms with Crippen molar-refractivity contribution >= 4 is 63.4 Å². The summed E-state index contributed by atoms with van der Waals surface area (Å²) in [6.07, 6.45) is 6.41. The number of ether oxygens (including phenoxy) is 2. The smallest absolute Gasteiger partial charge is 0.269 e. The van der Waals surface area contributed by atoms with Crippen LogP contribution in [0.2, 0.25) is 10.0 Å². The van der Waals surface area contributed by atoms with Crippen LogP contribution in [0.5, 0.6) is 5.75 Å². The Hall–Kier alpha value is -6.41. The maximum Gasteiger partial charge on any atom is 0.269 e. The van der Waals surface area contributed by atoms with E-state index in [1.165, 1.54) is 4.68 Å². The molecule has 2 aromatic carbocycles. The van der Waals surface area contributed by atoms with Crippen LogP contribution in [0, 0.1) is 0 Å². The summed E-state index contributed by atoms with van der Waals surface area (Å²) in [6, 6.07) is 13.7. The number of carbonyl (C=O) groups is 4. The quantitative estimate of drug-likeness (QED) is 0.0469. The van der Waals surface area contributed by atoms with Gasteiger partial charge in [-0.15, -0.1) is 0 Å². The van der Waals surface area contributed by atoms with Crippen molar-refractivity contribution in [1.82, 2.24) is 45.6 Å². The number of ketones is 1. The first-order chi connectivity index (χ1) is 32.4. The van der Waals surface area contributed by atoms with Crippen LogP contribution in [0.25, 0.3) is 44.4 Å². The molecule has 0 aliphatic carbocycles. The molecule has 0 radical (unpaired) electrons. The Morgan fingerprint density at radius 3 is 2.30 bits per heavy atom. The number of Topliss-reactive ketones (excluding diaryl/α,β-unsaturated/α-hetero) is 1. The van der Waals surface area contributed by atoms with Crippen molar-refractivity contribution in [1.29, 1.82) is 0 Å². The Balaban J connectivity index is 0.756. The third-order valence-corrected chi connectivity index (χ3v) is 12.0. The molecule has 8 N–H and O–H groups in total. The normalized spacial score (nSPS) is 12.5. The number of halogens is 2. The number of nitrogens with zero attached hydrogens (tertiary/aromatic N) is 5. The second kappa shape index (κ2) is 22.9. The molecule has 0 fully saturated rings. The van der Waals surface area contributed by atoms with Crippen molar-refractivity contribution in [3.63, 3.8) is 0 Å². The van der Waals surface area contributed by atoms with Gasteiger partial charge in [0.2, 0.25) is 11.8 Å². The zero-order valence-electron chi connectivity index (χ0n) is 36.9. The Morgan fingerprint density at radius 2 is 1.60 bits per heavy atom. The monoisotopic (exact) mass is 954 g/mol. The molecule has 0 atom stereocenters. The lowest BCUT2D eigenvalue weighted by molar-refractivity contribution is -0.123. The van der Waals surface area contributed by atoms with Crippen molar-refractivity contribution in [3.05, 3.63) is 99.7 Å². The maximum atomic E-state index is 12.8. The maximum absolute atomic E-state index is 12.8. The first-order valence-electron chi connectivity index (χ1n) is 21.8. The summed E-state index contributed by atoms with van der Waals surface area (Å²) in [5, 5.41) is 33.5. The number of benzene rings is 2. The van der Waals surface area contributed by atoms with E-state index in [-0.39, 0.29) is 81.4 Å². The molecule has 18 nitrogen and oxygen atoms in total. The van der Waals surface area contributed by atoms with Crippen molar-refractivity contribution in [3.8, 4) is 39.3 Å². The topological polar surface area (TPSA) is 252 Å². The first-order valence-corrected chi connectivity index (χ1v) is 22.6. The number of amides is 3. The van der Waals surface area contributed by atoms with Crippen LogP contribution >= 0.6 is 23.2 Å². The van der Waals surface area contributed by atoms with Crippen molar-refractivity contribution < 1.29 is 38.9 Å². The number of aliphatic hydroxyl groups is 1. The number of anilines is 1. The minimum atomic E-state index is -0.507. The van der Waals surface area contributed by atoms with Crippen LogP contribution in [0.15, 0.2) is 67.1 Å². The minimum absolute atomic E-state index is 0.0190. The molecule has 6 aromatic rings. The number of fused-ring (bicyclic) bond motifs is 3. The lowest BCUT2D eigenvalue weighted by Crippen LogP contribution is -2.35. The lowest BCUT2D eigenvalue weighted by Gasteiger charge is -2.26. The number of hydrogen-bond donors (Lipinski definition) is 7. The molecule has 7 rings (SSSR count). The molecule has 0 bridgehead atoms. The largest absolute Gasteiger partial charge is 0.508 e. The van der Waals surface area contributed by atoms with E-state index in [1.54, 1.807) is 67.1 Å². The number of aromatic nitrogens is 5. The third kappa shape index (κ3) is 12.1. The first kappa shape index (κ1) is 48.5. The minimum Gasteiger partial charge on any atom is -0.508 e. The van der Waals surface area contributed by atoms with Gasteiger partial charge in [0.1, 0.15) is 30.4 Å². The lowest BCUT2D eigenvalue weighted by atomic mass is 9.92. The Morgan fingerprint density at radius 1 is 0.866 bits per heavy atom. The fourth-order valence-electron chi connectivity index (χ4n) is 7.96. The molecule has 67 heavy (non-hydrogen) atoms. The Kier molecular flexibility index (Phi) is 16.6. The van der Waals surface area contributed by atoms with Crippen LogP contribution in [0.1, 0.15) is 40.7 Å². The molecule has 352 valence electrons. The average molecular weight is 956 g/mol. The fraction of sp³-hybridized carbons (Fsp3) is 0.340. The second-order valence-electron chi connectivity index (χ2n) is 15.8. The van der Waals surface area contributed by atoms with Gasteiger partial charge in [0.05, 0.1) is 54.2 Å². The van der Waals surface area contributed by atoms with Gasteiger partial charge >= 0.3 is 0 Å². The van der Waals surface area contributed by atoms with Gasteiger partial charge in [0.15, 0.2) is 5.78 Å². The van der Waals surface area contributed by atoms with Crippen molar-refractivity contribution in [2.24, 2.45) is 0 Å². The van der Waals surface area contributed by atoms with Crippen molar-refractivity contribution in [2.75, 3.05) is 71.5 Å². The van der Waals surface area contributed by atoms with E-state index >= 15 is 0 Å². The molecule has 5 heterocycles. The predicted octanol–water partition coefficient (Wildman–Crippen LogP) is 4.32. The number of nitrogen functional groups attached to an aromatic ring is 1. The average Bonchev–Trinajstić information content (AvgIpc) is 3.96. The highest BCUT2D eigenvalue weighted by Gasteiger charge is 2.27.